The van der Waals surface area contributed by atoms with Gasteiger partial charge in [0.1, 0.15) is 5.69 Å². The third kappa shape index (κ3) is 6.70. The number of hydrogen-bond acceptors (Lipinski definition) is 6. The summed E-state index contributed by atoms with van der Waals surface area (Å²) in [6.07, 6.45) is -2.10. The van der Waals surface area contributed by atoms with Crippen LogP contribution in [0, 0.1) is 17.8 Å². The number of nitrogens with one attached hydrogen (secondary N) is 2. The van der Waals surface area contributed by atoms with Crippen LogP contribution in [0.5, 0.6) is 0 Å². The Kier molecular flexibility index (Phi) is 8.44. The zero-order chi connectivity index (χ0) is 32.0. The van der Waals surface area contributed by atoms with Crippen LogP contribution in [-0.2, 0) is 23.2 Å². The molecule has 0 unspecified atom stereocenters. The Morgan fingerprint density at radius 2 is 1.89 bits per heavy atom. The van der Waals surface area contributed by atoms with Crippen molar-refractivity contribution in [1.29, 1.82) is 0 Å². The van der Waals surface area contributed by atoms with E-state index in [0.717, 1.165) is 0 Å². The summed E-state index contributed by atoms with van der Waals surface area (Å²) in [6, 6.07) is 0.838. The molecule has 2 fully saturated rings. The van der Waals surface area contributed by atoms with Crippen molar-refractivity contribution in [2.75, 3.05) is 6.54 Å². The Balaban J connectivity index is 1.51. The lowest BCUT2D eigenvalue weighted by molar-refractivity contribution is -0.183. The molecule has 15 heteroatoms. The molecule has 1 aliphatic heterocycles. The zero-order valence-corrected chi connectivity index (χ0v) is 25.1. The average molecular weight is 625 g/mol. The number of aryl methyl sites for hydroxylation is 1. The van der Waals surface area contributed by atoms with Gasteiger partial charge < -0.3 is 10.6 Å². The molecule has 2 aliphatic rings. The van der Waals surface area contributed by atoms with E-state index in [1.165, 1.54) is 15.4 Å². The SMILES string of the molecule is CCn1nccc1C(=O)N[C@H](c1cn2nc(C[C@H]3C[C@H](C(F)(F)F)CNC3=O)c(C(C)(C)C)nc2n1)C1CCC(F)(F)CC1. The van der Waals surface area contributed by atoms with Gasteiger partial charge >= 0.3 is 6.18 Å². The summed E-state index contributed by atoms with van der Waals surface area (Å²) >= 11 is 0. The van der Waals surface area contributed by atoms with Crippen LogP contribution < -0.4 is 10.6 Å². The molecule has 0 spiro atoms. The van der Waals surface area contributed by atoms with Gasteiger partial charge in [-0.05, 0) is 38.2 Å². The quantitative estimate of drug-likeness (QED) is 0.365. The van der Waals surface area contributed by atoms with Gasteiger partial charge in [-0.25, -0.2) is 23.3 Å². The smallest absolute Gasteiger partial charge is 0.355 e. The third-order valence-corrected chi connectivity index (χ3v) is 8.56. The Morgan fingerprint density at radius 3 is 2.52 bits per heavy atom. The fraction of sp³-hybridized carbons (Fsp3) is 0.655. The van der Waals surface area contributed by atoms with Crippen LogP contribution in [0.4, 0.5) is 22.0 Å². The molecule has 2 amide bonds. The molecule has 0 aromatic carbocycles. The molecule has 0 radical (unpaired) electrons. The second kappa shape index (κ2) is 11.7. The van der Waals surface area contributed by atoms with E-state index in [2.05, 4.69) is 25.8 Å². The number of carbonyl (C=O) groups excluding carboxylic acids is 2. The molecule has 1 aliphatic carbocycles. The fourth-order valence-electron chi connectivity index (χ4n) is 6.14. The maximum Gasteiger partial charge on any atom is 0.393 e. The van der Waals surface area contributed by atoms with Crippen LogP contribution in [0.3, 0.4) is 0 Å². The number of hydrogen-bond donors (Lipinski definition) is 2. The van der Waals surface area contributed by atoms with Crippen LogP contribution in [0.15, 0.2) is 18.5 Å². The van der Waals surface area contributed by atoms with Crippen molar-refractivity contribution < 1.29 is 31.5 Å². The van der Waals surface area contributed by atoms with Crippen molar-refractivity contribution in [3.63, 3.8) is 0 Å². The number of piperidine rings is 1. The molecule has 1 saturated heterocycles. The second-order valence-corrected chi connectivity index (χ2v) is 12.9. The van der Waals surface area contributed by atoms with Crippen molar-refractivity contribution in [2.45, 2.75) is 96.3 Å². The minimum Gasteiger partial charge on any atom is -0.355 e. The van der Waals surface area contributed by atoms with Crippen LogP contribution in [0.25, 0.3) is 5.78 Å². The topological polar surface area (TPSA) is 119 Å². The molecule has 3 aromatic rings. The number of rotatable bonds is 7. The molecule has 2 N–H and O–H groups in total. The summed E-state index contributed by atoms with van der Waals surface area (Å²) in [6.45, 7) is 7.47. The van der Waals surface area contributed by atoms with E-state index in [0.29, 0.717) is 29.3 Å². The highest BCUT2D eigenvalue weighted by Gasteiger charge is 2.45. The molecular formula is C29H37F5N8O2. The van der Waals surface area contributed by atoms with Crippen molar-refractivity contribution in [3.8, 4) is 0 Å². The minimum atomic E-state index is -4.44. The minimum absolute atomic E-state index is 0.0552. The van der Waals surface area contributed by atoms with Crippen molar-refractivity contribution >= 4 is 17.6 Å². The summed E-state index contributed by atoms with van der Waals surface area (Å²) in [5.41, 5.74) is 0.946. The van der Waals surface area contributed by atoms with Gasteiger partial charge in [-0.1, -0.05) is 20.8 Å². The van der Waals surface area contributed by atoms with E-state index in [4.69, 9.17) is 4.98 Å². The molecule has 0 bridgehead atoms. The Bertz CT molecular complexity index is 1520. The number of aromatic nitrogens is 6. The molecule has 240 valence electrons. The maximum absolute atomic E-state index is 14.1. The van der Waals surface area contributed by atoms with Crippen molar-refractivity contribution in [3.05, 3.63) is 41.2 Å². The molecule has 1 saturated carbocycles. The number of nitrogens with zero attached hydrogens (tertiary/aromatic N) is 6. The maximum atomic E-state index is 14.1. The first kappa shape index (κ1) is 31.8. The molecule has 44 heavy (non-hydrogen) atoms. The van der Waals surface area contributed by atoms with Gasteiger partial charge in [0.05, 0.1) is 35.2 Å². The second-order valence-electron chi connectivity index (χ2n) is 12.9. The Hall–Kier alpha value is -3.65. The molecule has 4 heterocycles. The average Bonchev–Trinajstić information content (AvgIpc) is 3.58. The summed E-state index contributed by atoms with van der Waals surface area (Å²) in [4.78, 5) is 35.3. The fourth-order valence-corrected chi connectivity index (χ4v) is 6.14. The first-order valence-electron chi connectivity index (χ1n) is 14.9. The number of carbonyl (C=O) groups is 2. The van der Waals surface area contributed by atoms with E-state index in [1.807, 2.05) is 27.7 Å². The molecule has 5 rings (SSSR count). The van der Waals surface area contributed by atoms with E-state index >= 15 is 0 Å². The highest BCUT2D eigenvalue weighted by molar-refractivity contribution is 5.92. The Morgan fingerprint density at radius 1 is 1.18 bits per heavy atom. The van der Waals surface area contributed by atoms with Crippen LogP contribution in [0.2, 0.25) is 0 Å². The number of alkyl halides is 5. The Labute approximate surface area is 251 Å². The van der Waals surface area contributed by atoms with Gasteiger partial charge in [-0.3, -0.25) is 14.3 Å². The number of halogens is 5. The highest BCUT2D eigenvalue weighted by atomic mass is 19.4. The van der Waals surface area contributed by atoms with Crippen LogP contribution in [-0.4, -0.2) is 59.8 Å². The molecule has 3 atom stereocenters. The predicted molar refractivity (Wildman–Crippen MR) is 149 cm³/mol. The molecule has 3 aromatic heterocycles. The van der Waals surface area contributed by atoms with E-state index in [-0.39, 0.29) is 50.2 Å². The van der Waals surface area contributed by atoms with Crippen LogP contribution in [0.1, 0.15) is 93.4 Å². The van der Waals surface area contributed by atoms with Crippen LogP contribution >= 0.6 is 0 Å². The number of fused-ring (bicyclic) bond motifs is 1. The van der Waals surface area contributed by atoms with Gasteiger partial charge in [0, 0.05) is 49.9 Å². The molecule has 10 nitrogen and oxygen atoms in total. The molecular weight excluding hydrogens is 587 g/mol. The van der Waals surface area contributed by atoms with Gasteiger partial charge in [-0.2, -0.15) is 23.4 Å². The first-order chi connectivity index (χ1) is 20.6. The van der Waals surface area contributed by atoms with Crippen molar-refractivity contribution in [1.82, 2.24) is 40.0 Å². The monoisotopic (exact) mass is 624 g/mol. The normalized spacial score (nSPS) is 22.2. The van der Waals surface area contributed by atoms with E-state index in [9.17, 15) is 31.5 Å². The number of amides is 2. The lowest BCUT2D eigenvalue weighted by atomic mass is 9.81. The standard InChI is InChI=1S/C29H37F5N8O2/c1-5-41-21(8-11-36-41)25(44)38-22(16-6-9-28(30,31)10-7-16)20-15-42-26(37-20)39-23(27(2,3)4)19(40-42)13-17-12-18(29(32,33)34)14-35-24(17)43/h8,11,15-18,22H,5-7,9-10,12-14H2,1-4H3,(H,35,43)(H,38,44)/t17-,18+,22+/m1/s1. The summed E-state index contributed by atoms with van der Waals surface area (Å²) < 4.78 is 71.5. The summed E-state index contributed by atoms with van der Waals surface area (Å²) in [5.74, 6) is -6.44. The van der Waals surface area contributed by atoms with E-state index < -0.39 is 53.8 Å². The summed E-state index contributed by atoms with van der Waals surface area (Å²) in [5, 5.41) is 14.2. The van der Waals surface area contributed by atoms with Gasteiger partial charge in [0.15, 0.2) is 0 Å². The predicted octanol–water partition coefficient (Wildman–Crippen LogP) is 4.79. The van der Waals surface area contributed by atoms with Gasteiger partial charge in [-0.15, -0.1) is 0 Å². The summed E-state index contributed by atoms with van der Waals surface area (Å²) in [7, 11) is 0. The lowest BCUT2D eigenvalue weighted by Crippen LogP contribution is -2.47. The zero-order valence-electron chi connectivity index (χ0n) is 25.1. The van der Waals surface area contributed by atoms with E-state index in [1.54, 1.807) is 12.3 Å². The third-order valence-electron chi connectivity index (χ3n) is 8.56. The number of imidazole rings is 1. The van der Waals surface area contributed by atoms with Gasteiger partial charge in [0.25, 0.3) is 11.7 Å². The first-order valence-corrected chi connectivity index (χ1v) is 14.9. The largest absolute Gasteiger partial charge is 0.393 e. The lowest BCUT2D eigenvalue weighted by Gasteiger charge is -2.33. The van der Waals surface area contributed by atoms with Gasteiger partial charge in [0.2, 0.25) is 11.8 Å². The highest BCUT2D eigenvalue weighted by Crippen LogP contribution is 2.41. The van der Waals surface area contributed by atoms with Crippen molar-refractivity contribution in [2.24, 2.45) is 17.8 Å².